The first-order chi connectivity index (χ1) is 10.9. The number of carboxylic acid groups (broad SMARTS) is 1. The molecule has 0 aliphatic carbocycles. The Labute approximate surface area is 137 Å². The third-order valence-electron chi connectivity index (χ3n) is 3.13. The molecule has 1 aromatic heterocycles. The highest BCUT2D eigenvalue weighted by Gasteiger charge is 2.23. The van der Waals surface area contributed by atoms with E-state index in [2.05, 4.69) is 9.69 Å². The third-order valence-corrected chi connectivity index (χ3v) is 3.87. The van der Waals surface area contributed by atoms with Gasteiger partial charge in [0.2, 0.25) is 5.88 Å². The van der Waals surface area contributed by atoms with Gasteiger partial charge in [0.25, 0.3) is 0 Å². The number of hydrogen-bond donors (Lipinski definition) is 2. The number of rotatable bonds is 5. The number of hydrogen-bond acceptors (Lipinski definition) is 5. The van der Waals surface area contributed by atoms with Gasteiger partial charge in [-0.3, -0.25) is 5.32 Å². The van der Waals surface area contributed by atoms with Crippen molar-refractivity contribution < 1.29 is 19.4 Å². The van der Waals surface area contributed by atoms with Crippen LogP contribution in [0.2, 0.25) is 0 Å². The summed E-state index contributed by atoms with van der Waals surface area (Å²) in [4.78, 5) is 24.4. The Morgan fingerprint density at radius 3 is 2.65 bits per heavy atom. The van der Waals surface area contributed by atoms with Gasteiger partial charge in [0.05, 0.1) is 0 Å². The quantitative estimate of drug-likeness (QED) is 0.876. The highest BCUT2D eigenvalue weighted by Crippen LogP contribution is 2.31. The summed E-state index contributed by atoms with van der Waals surface area (Å²) in [5.74, 6) is -1.20. The maximum atomic E-state index is 11.7. The number of ether oxygens (including phenoxy) is 1. The number of carboxylic acids is 1. The average Bonchev–Trinajstić information content (AvgIpc) is 2.89. The lowest BCUT2D eigenvalue weighted by molar-refractivity contribution is 0.0693. The molecule has 1 heterocycles. The Morgan fingerprint density at radius 2 is 2.04 bits per heavy atom. The van der Waals surface area contributed by atoms with Gasteiger partial charge in [-0.2, -0.15) is 4.37 Å². The lowest BCUT2D eigenvalue weighted by atomic mass is 10.1. The number of nitrogens with one attached hydrogen (secondary N) is 1. The number of benzene rings is 1. The Kier molecular flexibility index (Phi) is 5.17. The largest absolute Gasteiger partial charge is 0.477 e. The summed E-state index contributed by atoms with van der Waals surface area (Å²) in [7, 11) is 3.12. The predicted molar refractivity (Wildman–Crippen MR) is 87.3 cm³/mol. The maximum Gasteiger partial charge on any atom is 0.344 e. The van der Waals surface area contributed by atoms with E-state index in [1.807, 2.05) is 31.2 Å². The van der Waals surface area contributed by atoms with Gasteiger partial charge in [0, 0.05) is 14.1 Å². The van der Waals surface area contributed by atoms with Crippen molar-refractivity contribution in [1.82, 2.24) is 9.27 Å². The van der Waals surface area contributed by atoms with E-state index in [1.54, 1.807) is 14.1 Å². The number of anilines is 1. The van der Waals surface area contributed by atoms with Gasteiger partial charge in [-0.25, -0.2) is 9.59 Å². The average molecular weight is 335 g/mol. The number of carbonyl (C=O) groups excluding carboxylic acids is 1. The summed E-state index contributed by atoms with van der Waals surface area (Å²) in [5, 5.41) is 12.0. The first-order valence-electron chi connectivity index (χ1n) is 6.78. The standard InChI is InChI=1S/C15H17N3O4S/c1-9-6-4-5-7-10(9)8-22-12-11(14(19)20)13(23-17-12)16-15(21)18(2)3/h4-7H,8H2,1-3H3,(H,16,21)(H,19,20). The lowest BCUT2D eigenvalue weighted by Crippen LogP contribution is -2.27. The van der Waals surface area contributed by atoms with Crippen LogP contribution in [0.25, 0.3) is 0 Å². The molecule has 2 amide bonds. The monoisotopic (exact) mass is 335 g/mol. The number of aromatic nitrogens is 1. The zero-order chi connectivity index (χ0) is 17.0. The zero-order valence-corrected chi connectivity index (χ0v) is 13.8. The second-order valence-electron chi connectivity index (χ2n) is 5.04. The number of nitrogens with zero attached hydrogens (tertiary/aromatic N) is 2. The smallest absolute Gasteiger partial charge is 0.344 e. The number of aromatic carboxylic acids is 1. The van der Waals surface area contributed by atoms with E-state index in [4.69, 9.17) is 4.74 Å². The molecule has 2 N–H and O–H groups in total. The molecule has 0 spiro atoms. The van der Waals surface area contributed by atoms with E-state index in [0.29, 0.717) is 0 Å². The van der Waals surface area contributed by atoms with Gasteiger partial charge in [-0.1, -0.05) is 24.3 Å². The van der Waals surface area contributed by atoms with Crippen LogP contribution in [-0.4, -0.2) is 40.5 Å². The van der Waals surface area contributed by atoms with Crippen molar-refractivity contribution in [3.05, 3.63) is 41.0 Å². The molecular weight excluding hydrogens is 318 g/mol. The highest BCUT2D eigenvalue weighted by atomic mass is 32.1. The van der Waals surface area contributed by atoms with E-state index in [1.165, 1.54) is 4.90 Å². The first-order valence-corrected chi connectivity index (χ1v) is 7.56. The van der Waals surface area contributed by atoms with Crippen molar-refractivity contribution in [2.24, 2.45) is 0 Å². The summed E-state index contributed by atoms with van der Waals surface area (Å²) in [6, 6.07) is 7.21. The molecule has 0 aliphatic rings. The third kappa shape index (κ3) is 3.98. The highest BCUT2D eigenvalue weighted by molar-refractivity contribution is 7.11. The lowest BCUT2D eigenvalue weighted by Gasteiger charge is -2.11. The van der Waals surface area contributed by atoms with E-state index in [0.717, 1.165) is 22.7 Å². The van der Waals surface area contributed by atoms with Crippen LogP contribution in [0, 0.1) is 6.92 Å². The molecule has 0 atom stereocenters. The van der Waals surface area contributed by atoms with E-state index >= 15 is 0 Å². The zero-order valence-electron chi connectivity index (χ0n) is 13.0. The molecule has 0 unspecified atom stereocenters. The van der Waals surface area contributed by atoms with E-state index in [-0.39, 0.29) is 23.1 Å². The minimum Gasteiger partial charge on any atom is -0.477 e. The van der Waals surface area contributed by atoms with Crippen molar-refractivity contribution in [1.29, 1.82) is 0 Å². The second kappa shape index (κ2) is 7.10. The van der Waals surface area contributed by atoms with E-state index < -0.39 is 12.0 Å². The van der Waals surface area contributed by atoms with Crippen molar-refractivity contribution in [3.8, 4) is 5.88 Å². The summed E-state index contributed by atoms with van der Waals surface area (Å²) in [6.45, 7) is 2.15. The van der Waals surface area contributed by atoms with Crippen molar-refractivity contribution in [2.75, 3.05) is 19.4 Å². The van der Waals surface area contributed by atoms with Gasteiger partial charge in [0.15, 0.2) is 5.56 Å². The van der Waals surface area contributed by atoms with Gasteiger partial charge >= 0.3 is 12.0 Å². The summed E-state index contributed by atoms with van der Waals surface area (Å²) < 4.78 is 9.54. The Hall–Kier alpha value is -2.61. The van der Waals surface area contributed by atoms with Gasteiger partial charge in [-0.15, -0.1) is 0 Å². The molecule has 0 saturated carbocycles. The van der Waals surface area contributed by atoms with Crippen LogP contribution in [0.4, 0.5) is 9.80 Å². The molecule has 0 saturated heterocycles. The fraction of sp³-hybridized carbons (Fsp3) is 0.267. The fourth-order valence-electron chi connectivity index (χ4n) is 1.78. The van der Waals surface area contributed by atoms with Crippen molar-refractivity contribution in [2.45, 2.75) is 13.5 Å². The Balaban J connectivity index is 2.19. The van der Waals surface area contributed by atoms with Gasteiger partial charge < -0.3 is 14.7 Å². The molecule has 122 valence electrons. The van der Waals surface area contributed by atoms with Crippen LogP contribution >= 0.6 is 11.5 Å². The van der Waals surface area contributed by atoms with Gasteiger partial charge in [-0.05, 0) is 29.6 Å². The number of carbonyl (C=O) groups is 2. The molecule has 0 fully saturated rings. The van der Waals surface area contributed by atoms with Crippen LogP contribution < -0.4 is 10.1 Å². The molecule has 1 aromatic carbocycles. The molecule has 0 bridgehead atoms. The number of urea groups is 1. The molecule has 2 rings (SSSR count). The van der Waals surface area contributed by atoms with Crippen LogP contribution in [0.1, 0.15) is 21.5 Å². The number of amides is 2. The van der Waals surface area contributed by atoms with Crippen molar-refractivity contribution >= 4 is 28.5 Å². The second-order valence-corrected chi connectivity index (χ2v) is 5.81. The van der Waals surface area contributed by atoms with Crippen molar-refractivity contribution in [3.63, 3.8) is 0 Å². The predicted octanol–water partition coefficient (Wildman–Crippen LogP) is 2.82. The topological polar surface area (TPSA) is 91.8 Å². The van der Waals surface area contributed by atoms with Crippen LogP contribution in [0.15, 0.2) is 24.3 Å². The summed E-state index contributed by atoms with van der Waals surface area (Å²) in [5.41, 5.74) is 1.84. The SMILES string of the molecule is Cc1ccccc1COc1nsc(NC(=O)N(C)C)c1C(=O)O. The van der Waals surface area contributed by atoms with Crippen LogP contribution in [-0.2, 0) is 6.61 Å². The van der Waals surface area contributed by atoms with Crippen LogP contribution in [0.5, 0.6) is 5.88 Å². The normalized spacial score (nSPS) is 10.2. The Bertz CT molecular complexity index is 727. The first kappa shape index (κ1) is 16.8. The molecule has 7 nitrogen and oxygen atoms in total. The summed E-state index contributed by atoms with van der Waals surface area (Å²) in [6.07, 6.45) is 0. The molecule has 23 heavy (non-hydrogen) atoms. The summed E-state index contributed by atoms with van der Waals surface area (Å²) >= 11 is 0.875. The molecule has 2 aromatic rings. The number of aryl methyl sites for hydroxylation is 1. The molecule has 8 heteroatoms. The molecule has 0 radical (unpaired) electrons. The van der Waals surface area contributed by atoms with Gasteiger partial charge in [0.1, 0.15) is 11.6 Å². The maximum absolute atomic E-state index is 11.7. The Morgan fingerprint density at radius 1 is 1.35 bits per heavy atom. The molecular formula is C15H17N3O4S. The fourth-order valence-corrected chi connectivity index (χ4v) is 2.49. The minimum absolute atomic E-state index is 0.000177. The van der Waals surface area contributed by atoms with E-state index in [9.17, 15) is 14.7 Å². The molecule has 0 aliphatic heterocycles. The minimum atomic E-state index is -1.20. The van der Waals surface area contributed by atoms with Crippen LogP contribution in [0.3, 0.4) is 0 Å².